The van der Waals surface area contributed by atoms with Crippen LogP contribution in [0.15, 0.2) is 58.5 Å². The van der Waals surface area contributed by atoms with E-state index >= 15 is 0 Å². The molecule has 0 heterocycles. The van der Waals surface area contributed by atoms with E-state index in [0.717, 1.165) is 22.6 Å². The van der Waals surface area contributed by atoms with Crippen LogP contribution in [-0.2, 0) is 4.79 Å². The minimum absolute atomic E-state index is 0.158. The van der Waals surface area contributed by atoms with Crippen molar-refractivity contribution in [2.24, 2.45) is 5.10 Å². The molecular formula is C18H19ClN2O2S. The maximum atomic E-state index is 11.8. The molecule has 2 rings (SSSR count). The molecule has 6 heteroatoms. The van der Waals surface area contributed by atoms with Gasteiger partial charge in [0.1, 0.15) is 5.75 Å². The highest BCUT2D eigenvalue weighted by atomic mass is 35.5. The lowest BCUT2D eigenvalue weighted by Crippen LogP contribution is -2.19. The van der Waals surface area contributed by atoms with Crippen molar-refractivity contribution in [2.75, 3.05) is 12.4 Å². The van der Waals surface area contributed by atoms with E-state index in [-0.39, 0.29) is 5.91 Å². The second-order valence-corrected chi connectivity index (χ2v) is 6.44. The third-order valence-corrected chi connectivity index (χ3v) is 4.20. The fourth-order valence-corrected chi connectivity index (χ4v) is 2.58. The third kappa shape index (κ3) is 6.64. The Balaban J connectivity index is 1.74. The van der Waals surface area contributed by atoms with Gasteiger partial charge in [-0.05, 0) is 60.5 Å². The predicted molar refractivity (Wildman–Crippen MR) is 100 cm³/mol. The fraction of sp³-hybridized carbons (Fsp3) is 0.222. The van der Waals surface area contributed by atoms with E-state index in [9.17, 15) is 4.79 Å². The van der Waals surface area contributed by atoms with Crippen molar-refractivity contribution in [3.05, 3.63) is 59.1 Å². The fourth-order valence-electron chi connectivity index (χ4n) is 1.76. The summed E-state index contributed by atoms with van der Waals surface area (Å²) in [6, 6.07) is 14.9. The lowest BCUT2D eigenvalue weighted by Gasteiger charge is -2.04. The first-order valence-electron chi connectivity index (χ1n) is 7.60. The standard InChI is InChI=1S/C18H19ClN2O2S/c1-2-11-23-16-7-3-14(4-8-16)12-20-21-18(22)13-24-17-9-5-15(19)6-10-17/h3-10,12H,2,11,13H2,1H3,(H,21,22). The number of hydrogen-bond acceptors (Lipinski definition) is 4. The van der Waals surface area contributed by atoms with Crippen molar-refractivity contribution in [1.29, 1.82) is 0 Å². The molecule has 2 aromatic carbocycles. The van der Waals surface area contributed by atoms with E-state index in [2.05, 4.69) is 17.5 Å². The highest BCUT2D eigenvalue weighted by Gasteiger charge is 2.01. The largest absolute Gasteiger partial charge is 0.494 e. The molecule has 0 unspecified atom stereocenters. The van der Waals surface area contributed by atoms with Crippen molar-refractivity contribution in [3.63, 3.8) is 0 Å². The lowest BCUT2D eigenvalue weighted by atomic mass is 10.2. The molecule has 0 aromatic heterocycles. The van der Waals surface area contributed by atoms with Gasteiger partial charge in [0.25, 0.3) is 0 Å². The predicted octanol–water partition coefficient (Wildman–Crippen LogP) is 4.37. The van der Waals surface area contributed by atoms with Gasteiger partial charge in [-0.3, -0.25) is 4.79 Å². The van der Waals surface area contributed by atoms with Gasteiger partial charge in [0.05, 0.1) is 18.6 Å². The maximum absolute atomic E-state index is 11.8. The van der Waals surface area contributed by atoms with E-state index < -0.39 is 0 Å². The highest BCUT2D eigenvalue weighted by Crippen LogP contribution is 2.19. The molecule has 24 heavy (non-hydrogen) atoms. The maximum Gasteiger partial charge on any atom is 0.250 e. The molecule has 0 spiro atoms. The zero-order chi connectivity index (χ0) is 17.2. The van der Waals surface area contributed by atoms with Gasteiger partial charge >= 0.3 is 0 Å². The van der Waals surface area contributed by atoms with Crippen LogP contribution >= 0.6 is 23.4 Å². The summed E-state index contributed by atoms with van der Waals surface area (Å²) in [5, 5.41) is 4.64. The molecule has 0 radical (unpaired) electrons. The first-order chi connectivity index (χ1) is 11.7. The first kappa shape index (κ1) is 18.4. The molecule has 0 bridgehead atoms. The molecule has 0 saturated carbocycles. The lowest BCUT2D eigenvalue weighted by molar-refractivity contribution is -0.118. The van der Waals surface area contributed by atoms with Crippen LogP contribution in [0.25, 0.3) is 0 Å². The number of amides is 1. The van der Waals surface area contributed by atoms with E-state index in [1.165, 1.54) is 11.8 Å². The topological polar surface area (TPSA) is 50.7 Å². The van der Waals surface area contributed by atoms with E-state index in [4.69, 9.17) is 16.3 Å². The Morgan fingerprint density at radius 1 is 1.21 bits per heavy atom. The molecule has 0 saturated heterocycles. The number of benzene rings is 2. The number of ether oxygens (including phenoxy) is 1. The number of nitrogens with zero attached hydrogens (tertiary/aromatic N) is 1. The summed E-state index contributed by atoms with van der Waals surface area (Å²) in [6.07, 6.45) is 2.58. The van der Waals surface area contributed by atoms with Crippen LogP contribution in [-0.4, -0.2) is 24.5 Å². The van der Waals surface area contributed by atoms with Gasteiger partial charge in [0.15, 0.2) is 0 Å². The van der Waals surface area contributed by atoms with Crippen molar-refractivity contribution in [2.45, 2.75) is 18.2 Å². The molecule has 2 aromatic rings. The summed E-state index contributed by atoms with van der Waals surface area (Å²) >= 11 is 7.25. The molecule has 0 atom stereocenters. The van der Waals surface area contributed by atoms with Crippen molar-refractivity contribution >= 4 is 35.5 Å². The summed E-state index contributed by atoms with van der Waals surface area (Å²) in [5.41, 5.74) is 3.41. The van der Waals surface area contributed by atoms with Gasteiger partial charge in [0, 0.05) is 9.92 Å². The second kappa shape index (κ2) is 10.0. The van der Waals surface area contributed by atoms with Crippen LogP contribution < -0.4 is 10.2 Å². The number of thioether (sulfide) groups is 1. The SMILES string of the molecule is CCCOc1ccc(C=NNC(=O)CSc2ccc(Cl)cc2)cc1. The Morgan fingerprint density at radius 2 is 1.92 bits per heavy atom. The molecule has 0 aliphatic rings. The molecule has 1 N–H and O–H groups in total. The van der Waals surface area contributed by atoms with Gasteiger partial charge in [-0.1, -0.05) is 18.5 Å². The van der Waals surface area contributed by atoms with E-state index in [1.54, 1.807) is 18.3 Å². The number of nitrogens with one attached hydrogen (secondary N) is 1. The van der Waals surface area contributed by atoms with Crippen LogP contribution in [0.5, 0.6) is 5.75 Å². The number of carbonyl (C=O) groups excluding carboxylic acids is 1. The molecule has 0 fully saturated rings. The monoisotopic (exact) mass is 362 g/mol. The summed E-state index contributed by atoms with van der Waals surface area (Å²) < 4.78 is 5.51. The van der Waals surface area contributed by atoms with Crippen LogP contribution in [0.3, 0.4) is 0 Å². The van der Waals surface area contributed by atoms with E-state index in [0.29, 0.717) is 17.4 Å². The van der Waals surface area contributed by atoms with Crippen molar-refractivity contribution < 1.29 is 9.53 Å². The first-order valence-corrected chi connectivity index (χ1v) is 8.97. The summed E-state index contributed by atoms with van der Waals surface area (Å²) in [5.74, 6) is 0.967. The number of rotatable bonds is 8. The number of hydrogen-bond donors (Lipinski definition) is 1. The Hall–Kier alpha value is -1.98. The van der Waals surface area contributed by atoms with Crippen LogP contribution in [0, 0.1) is 0 Å². The molecule has 126 valence electrons. The normalized spacial score (nSPS) is 10.8. The summed E-state index contributed by atoms with van der Waals surface area (Å²) in [4.78, 5) is 12.7. The molecule has 1 amide bonds. The molecule has 4 nitrogen and oxygen atoms in total. The summed E-state index contributed by atoms with van der Waals surface area (Å²) in [6.45, 7) is 2.77. The quantitative estimate of drug-likeness (QED) is 0.431. The van der Waals surface area contributed by atoms with Gasteiger partial charge in [0.2, 0.25) is 5.91 Å². The van der Waals surface area contributed by atoms with Gasteiger partial charge in [-0.2, -0.15) is 5.10 Å². The minimum Gasteiger partial charge on any atom is -0.494 e. The average Bonchev–Trinajstić information content (AvgIpc) is 2.60. The van der Waals surface area contributed by atoms with Gasteiger partial charge < -0.3 is 4.74 Å². The van der Waals surface area contributed by atoms with Crippen LogP contribution in [0.4, 0.5) is 0 Å². The number of carbonyl (C=O) groups is 1. The minimum atomic E-state index is -0.158. The third-order valence-electron chi connectivity index (χ3n) is 2.94. The molecule has 0 aliphatic carbocycles. The van der Waals surface area contributed by atoms with Crippen molar-refractivity contribution in [3.8, 4) is 5.75 Å². The Labute approximate surface area is 151 Å². The molecular weight excluding hydrogens is 344 g/mol. The second-order valence-electron chi connectivity index (χ2n) is 4.95. The van der Waals surface area contributed by atoms with Crippen molar-refractivity contribution in [1.82, 2.24) is 5.43 Å². The average molecular weight is 363 g/mol. The Kier molecular flexibility index (Phi) is 7.65. The highest BCUT2D eigenvalue weighted by molar-refractivity contribution is 8.00. The number of hydrazone groups is 1. The van der Waals surface area contributed by atoms with Crippen LogP contribution in [0.2, 0.25) is 5.02 Å². The van der Waals surface area contributed by atoms with E-state index in [1.807, 2.05) is 36.4 Å². The summed E-state index contributed by atoms with van der Waals surface area (Å²) in [7, 11) is 0. The molecule has 0 aliphatic heterocycles. The van der Waals surface area contributed by atoms with Gasteiger partial charge in [-0.25, -0.2) is 5.43 Å². The Morgan fingerprint density at radius 3 is 2.58 bits per heavy atom. The van der Waals surface area contributed by atoms with Crippen LogP contribution in [0.1, 0.15) is 18.9 Å². The zero-order valence-electron chi connectivity index (χ0n) is 13.4. The zero-order valence-corrected chi connectivity index (χ0v) is 14.9. The smallest absolute Gasteiger partial charge is 0.250 e. The van der Waals surface area contributed by atoms with Gasteiger partial charge in [-0.15, -0.1) is 11.8 Å². The number of halogens is 1. The Bertz CT molecular complexity index is 672.